The highest BCUT2D eigenvalue weighted by Gasteiger charge is 2.25. The Bertz CT molecular complexity index is 612. The maximum absolute atomic E-state index is 12.2. The Morgan fingerprint density at radius 2 is 1.68 bits per heavy atom. The molecule has 1 aromatic heterocycles. The van der Waals surface area contributed by atoms with Gasteiger partial charge in [-0.25, -0.2) is 18.4 Å². The largest absolute Gasteiger partial charge is 0.247 e. The molecule has 0 saturated carbocycles. The van der Waals surface area contributed by atoms with Crippen molar-refractivity contribution in [3.8, 4) is 0 Å². The molecule has 5 heteroatoms. The number of benzene rings is 1. The van der Waals surface area contributed by atoms with Crippen molar-refractivity contribution in [2.45, 2.75) is 30.2 Å². The normalized spacial score (nSPS) is 13.1. The molecule has 2 rings (SSSR count). The Balaban J connectivity index is 2.06. The minimum absolute atomic E-state index is 0.0874. The average Bonchev–Trinajstić information content (AvgIpc) is 2.46. The van der Waals surface area contributed by atoms with Crippen molar-refractivity contribution < 1.29 is 8.42 Å². The third kappa shape index (κ3) is 3.38. The quantitative estimate of drug-likeness (QED) is 0.786. The summed E-state index contributed by atoms with van der Waals surface area (Å²) in [5, 5.41) is -0.578. The fraction of sp³-hybridized carbons (Fsp3) is 0.286. The molecule has 2 aromatic rings. The minimum atomic E-state index is -3.43. The van der Waals surface area contributed by atoms with E-state index in [9.17, 15) is 8.42 Å². The average molecular weight is 276 g/mol. The van der Waals surface area contributed by atoms with Gasteiger partial charge in [0.15, 0.2) is 0 Å². The number of aryl methyl sites for hydroxylation is 1. The van der Waals surface area contributed by atoms with Gasteiger partial charge in [0.1, 0.15) is 0 Å². The highest BCUT2D eigenvalue weighted by Crippen LogP contribution is 2.16. The molecule has 19 heavy (non-hydrogen) atoms. The first-order valence-corrected chi connectivity index (χ1v) is 7.70. The van der Waals surface area contributed by atoms with E-state index in [2.05, 4.69) is 9.97 Å². The number of rotatable bonds is 5. The van der Waals surface area contributed by atoms with Crippen LogP contribution in [0.4, 0.5) is 0 Å². The molecule has 1 atom stereocenters. The lowest BCUT2D eigenvalue weighted by Crippen LogP contribution is -2.21. The van der Waals surface area contributed by atoms with Crippen LogP contribution in [0.15, 0.2) is 53.9 Å². The van der Waals surface area contributed by atoms with Crippen LogP contribution >= 0.6 is 0 Å². The SMILES string of the molecule is CC(CCc1ccccc1)S(=O)(=O)c1ncccn1. The summed E-state index contributed by atoms with van der Waals surface area (Å²) in [6.45, 7) is 1.70. The summed E-state index contributed by atoms with van der Waals surface area (Å²) in [5.41, 5.74) is 1.14. The zero-order chi connectivity index (χ0) is 13.7. The second kappa shape index (κ2) is 5.93. The Labute approximate surface area is 113 Å². The van der Waals surface area contributed by atoms with Crippen LogP contribution in [0.2, 0.25) is 0 Å². The summed E-state index contributed by atoms with van der Waals surface area (Å²) in [7, 11) is -3.43. The van der Waals surface area contributed by atoms with E-state index < -0.39 is 15.1 Å². The molecule has 4 nitrogen and oxygen atoms in total. The second-order valence-corrected chi connectivity index (χ2v) is 6.67. The zero-order valence-corrected chi connectivity index (χ0v) is 11.5. The Kier molecular flexibility index (Phi) is 4.27. The van der Waals surface area contributed by atoms with E-state index in [1.54, 1.807) is 13.0 Å². The fourth-order valence-corrected chi connectivity index (χ4v) is 2.99. The predicted octanol–water partition coefficient (Wildman–Crippen LogP) is 2.27. The van der Waals surface area contributed by atoms with Crippen LogP contribution in [-0.2, 0) is 16.3 Å². The third-order valence-electron chi connectivity index (χ3n) is 3.01. The summed E-state index contributed by atoms with van der Waals surface area (Å²) in [4.78, 5) is 7.65. The summed E-state index contributed by atoms with van der Waals surface area (Å²) in [5.74, 6) is 0. The van der Waals surface area contributed by atoms with Crippen LogP contribution in [0.5, 0.6) is 0 Å². The van der Waals surface area contributed by atoms with Crippen molar-refractivity contribution in [2.75, 3.05) is 0 Å². The van der Waals surface area contributed by atoms with E-state index in [-0.39, 0.29) is 5.16 Å². The van der Waals surface area contributed by atoms with Crippen molar-refractivity contribution >= 4 is 9.84 Å². The van der Waals surface area contributed by atoms with Gasteiger partial charge >= 0.3 is 0 Å². The molecule has 0 fully saturated rings. The fourth-order valence-electron chi connectivity index (χ4n) is 1.78. The minimum Gasteiger partial charge on any atom is -0.227 e. The lowest BCUT2D eigenvalue weighted by atomic mass is 10.1. The molecule has 100 valence electrons. The molecule has 0 spiro atoms. The first-order valence-electron chi connectivity index (χ1n) is 6.15. The summed E-state index contributed by atoms with van der Waals surface area (Å²) in [6.07, 6.45) is 4.19. The van der Waals surface area contributed by atoms with Gasteiger partial charge in [-0.15, -0.1) is 0 Å². The predicted molar refractivity (Wildman–Crippen MR) is 73.4 cm³/mol. The summed E-state index contributed by atoms with van der Waals surface area (Å²) < 4.78 is 24.5. The number of hydrogen-bond acceptors (Lipinski definition) is 4. The van der Waals surface area contributed by atoms with E-state index in [0.29, 0.717) is 6.42 Å². The molecule has 0 N–H and O–H groups in total. The Morgan fingerprint density at radius 3 is 2.32 bits per heavy atom. The van der Waals surface area contributed by atoms with Gasteiger partial charge in [-0.1, -0.05) is 30.3 Å². The second-order valence-electron chi connectivity index (χ2n) is 4.41. The molecular formula is C14H16N2O2S. The molecule has 0 saturated heterocycles. The van der Waals surface area contributed by atoms with Crippen LogP contribution in [0.25, 0.3) is 0 Å². The van der Waals surface area contributed by atoms with Crippen molar-refractivity contribution in [1.82, 2.24) is 9.97 Å². The highest BCUT2D eigenvalue weighted by molar-refractivity contribution is 7.91. The summed E-state index contributed by atoms with van der Waals surface area (Å²) in [6, 6.07) is 11.5. The van der Waals surface area contributed by atoms with Crippen LogP contribution in [0.1, 0.15) is 18.9 Å². The first kappa shape index (κ1) is 13.7. The van der Waals surface area contributed by atoms with Crippen molar-refractivity contribution in [3.05, 3.63) is 54.4 Å². The van der Waals surface area contributed by atoms with E-state index in [0.717, 1.165) is 12.0 Å². The standard InChI is InChI=1S/C14H16N2O2S/c1-12(8-9-13-6-3-2-4-7-13)19(17,18)14-15-10-5-11-16-14/h2-7,10-12H,8-9H2,1H3. The molecule has 0 amide bonds. The van der Waals surface area contributed by atoms with Gasteiger partial charge < -0.3 is 0 Å². The van der Waals surface area contributed by atoms with Gasteiger partial charge in [0.25, 0.3) is 0 Å². The van der Waals surface area contributed by atoms with Crippen LogP contribution in [0.3, 0.4) is 0 Å². The topological polar surface area (TPSA) is 59.9 Å². The van der Waals surface area contributed by atoms with Crippen molar-refractivity contribution in [2.24, 2.45) is 0 Å². The molecule has 0 bridgehead atoms. The van der Waals surface area contributed by atoms with Crippen LogP contribution < -0.4 is 0 Å². The van der Waals surface area contributed by atoms with Gasteiger partial charge in [-0.05, 0) is 31.4 Å². The van der Waals surface area contributed by atoms with E-state index in [4.69, 9.17) is 0 Å². The summed E-state index contributed by atoms with van der Waals surface area (Å²) >= 11 is 0. The first-order chi connectivity index (χ1) is 9.10. The number of sulfone groups is 1. The van der Waals surface area contributed by atoms with Gasteiger partial charge in [0, 0.05) is 12.4 Å². The smallest absolute Gasteiger partial charge is 0.227 e. The van der Waals surface area contributed by atoms with Gasteiger partial charge in [-0.2, -0.15) is 0 Å². The maximum Gasteiger partial charge on any atom is 0.247 e. The molecule has 1 heterocycles. The monoisotopic (exact) mass is 276 g/mol. The van der Waals surface area contributed by atoms with Crippen molar-refractivity contribution in [3.63, 3.8) is 0 Å². The van der Waals surface area contributed by atoms with Crippen LogP contribution in [-0.4, -0.2) is 23.6 Å². The molecule has 1 unspecified atom stereocenters. The van der Waals surface area contributed by atoms with E-state index in [1.807, 2.05) is 30.3 Å². The highest BCUT2D eigenvalue weighted by atomic mass is 32.2. The lowest BCUT2D eigenvalue weighted by molar-refractivity contribution is 0.568. The number of nitrogens with zero attached hydrogens (tertiary/aromatic N) is 2. The van der Waals surface area contributed by atoms with Crippen molar-refractivity contribution in [1.29, 1.82) is 0 Å². The lowest BCUT2D eigenvalue weighted by Gasteiger charge is -2.11. The van der Waals surface area contributed by atoms with Gasteiger partial charge in [-0.3, -0.25) is 0 Å². The van der Waals surface area contributed by atoms with Gasteiger partial charge in [0.05, 0.1) is 5.25 Å². The molecule has 1 aromatic carbocycles. The molecule has 0 aliphatic carbocycles. The molecule has 0 radical (unpaired) electrons. The Hall–Kier alpha value is -1.75. The van der Waals surface area contributed by atoms with E-state index in [1.165, 1.54) is 12.4 Å². The van der Waals surface area contributed by atoms with Crippen LogP contribution in [0, 0.1) is 0 Å². The molecule has 0 aliphatic heterocycles. The zero-order valence-electron chi connectivity index (χ0n) is 10.7. The Morgan fingerprint density at radius 1 is 1.05 bits per heavy atom. The number of hydrogen-bond donors (Lipinski definition) is 0. The van der Waals surface area contributed by atoms with E-state index >= 15 is 0 Å². The maximum atomic E-state index is 12.2. The third-order valence-corrected chi connectivity index (χ3v) is 5.02. The molecular weight excluding hydrogens is 260 g/mol. The molecule has 0 aliphatic rings. The number of aromatic nitrogens is 2. The van der Waals surface area contributed by atoms with Gasteiger partial charge in [0.2, 0.25) is 15.0 Å².